The quantitative estimate of drug-likeness (QED) is 0.0441. The number of carbonyl (C=O) groups excluding carboxylic acids is 2. The Morgan fingerprint density at radius 3 is 1.47 bits per heavy atom. The van der Waals surface area contributed by atoms with Gasteiger partial charge in [0.15, 0.2) is 0 Å². The summed E-state index contributed by atoms with van der Waals surface area (Å²) in [5.74, 6) is -0.176. The molecule has 0 spiro atoms. The smallest absolute Gasteiger partial charge is 0.143 e. The first kappa shape index (κ1) is 34.8. The Balaban J connectivity index is 3.52. The molecule has 2 nitrogen and oxygen atoms in total. The molecule has 0 fully saturated rings. The highest BCUT2D eigenvalue weighted by molar-refractivity contribution is 5.93. The Morgan fingerprint density at radius 2 is 0.944 bits per heavy atom. The molecule has 36 heavy (non-hydrogen) atoms. The van der Waals surface area contributed by atoms with Crippen molar-refractivity contribution in [1.82, 2.24) is 0 Å². The Hall–Kier alpha value is -1.18. The van der Waals surface area contributed by atoms with Crippen molar-refractivity contribution in [2.45, 2.75) is 174 Å². The highest BCUT2D eigenvalue weighted by Crippen LogP contribution is 2.16. The van der Waals surface area contributed by atoms with Gasteiger partial charge in [-0.3, -0.25) is 4.79 Å². The van der Waals surface area contributed by atoms with E-state index < -0.39 is 0 Å². The first-order valence-electron chi connectivity index (χ1n) is 16.0. The maximum Gasteiger partial charge on any atom is 0.143 e. The van der Waals surface area contributed by atoms with E-state index in [9.17, 15) is 9.59 Å². The molecule has 0 aromatic rings. The van der Waals surface area contributed by atoms with Gasteiger partial charge in [-0.2, -0.15) is 0 Å². The van der Waals surface area contributed by atoms with Crippen molar-refractivity contribution >= 4 is 12.1 Å². The van der Waals surface area contributed by atoms with Crippen LogP contribution < -0.4 is 0 Å². The molecule has 0 aliphatic rings. The molecule has 2 heteroatoms. The fourth-order valence-electron chi connectivity index (χ4n) is 4.81. The molecule has 0 saturated carbocycles. The number of rotatable bonds is 29. The van der Waals surface area contributed by atoms with Crippen molar-refractivity contribution in [3.63, 3.8) is 0 Å². The van der Waals surface area contributed by atoms with Crippen LogP contribution >= 0.6 is 0 Å². The summed E-state index contributed by atoms with van der Waals surface area (Å²) in [5, 5.41) is 0. The molecule has 0 aliphatic heterocycles. The van der Waals surface area contributed by atoms with Gasteiger partial charge in [0.2, 0.25) is 0 Å². The van der Waals surface area contributed by atoms with E-state index in [0.717, 1.165) is 51.2 Å². The molecule has 1 unspecified atom stereocenters. The van der Waals surface area contributed by atoms with Gasteiger partial charge < -0.3 is 4.79 Å². The van der Waals surface area contributed by atoms with Crippen LogP contribution in [0.3, 0.4) is 0 Å². The van der Waals surface area contributed by atoms with Gasteiger partial charge in [0, 0.05) is 6.42 Å². The number of carbonyl (C=O) groups is 2. The summed E-state index contributed by atoms with van der Waals surface area (Å²) in [6.45, 7) is 4.52. The summed E-state index contributed by atoms with van der Waals surface area (Å²) in [6.07, 6.45) is 40.4. The molecule has 0 amide bonds. The van der Waals surface area contributed by atoms with Crippen LogP contribution in [-0.4, -0.2) is 12.1 Å². The third kappa shape index (κ3) is 25.9. The minimum atomic E-state index is -0.355. The lowest BCUT2D eigenvalue weighted by atomic mass is 9.94. The normalized spacial score (nSPS) is 12.6. The number of unbranched alkanes of at least 4 members (excludes halogenated alkanes) is 19. The highest BCUT2D eigenvalue weighted by atomic mass is 16.1. The molecule has 0 aliphatic carbocycles. The molecular formula is C34H62O2. The second-order valence-corrected chi connectivity index (χ2v) is 10.9. The van der Waals surface area contributed by atoms with Gasteiger partial charge in [0.1, 0.15) is 12.1 Å². The van der Waals surface area contributed by atoms with Crippen molar-refractivity contribution < 1.29 is 9.59 Å². The lowest BCUT2D eigenvalue weighted by Gasteiger charge is -2.09. The van der Waals surface area contributed by atoms with Crippen LogP contribution in [0.1, 0.15) is 174 Å². The monoisotopic (exact) mass is 502 g/mol. The van der Waals surface area contributed by atoms with Gasteiger partial charge in [-0.15, -0.1) is 0 Å². The van der Waals surface area contributed by atoms with Gasteiger partial charge in [-0.1, -0.05) is 147 Å². The molecule has 0 aromatic carbocycles. The Bertz CT molecular complexity index is 519. The summed E-state index contributed by atoms with van der Waals surface area (Å²) in [5.41, 5.74) is 0. The van der Waals surface area contributed by atoms with Gasteiger partial charge in [0.25, 0.3) is 0 Å². The lowest BCUT2D eigenvalue weighted by molar-refractivity contribution is -0.127. The molecule has 0 bridgehead atoms. The number of Topliss-reactive ketones (excluding diaryl/α,β-unsaturated/α-hetero) is 1. The molecule has 1 atom stereocenters. The molecule has 210 valence electrons. The Kier molecular flexibility index (Phi) is 29.1. The van der Waals surface area contributed by atoms with E-state index in [4.69, 9.17) is 0 Å². The van der Waals surface area contributed by atoms with E-state index in [0.29, 0.717) is 6.42 Å². The standard InChI is InChI=1S/C34H62O2/c1-3-5-7-9-11-13-15-17-19-20-22-24-26-28-30-33(32-35)34(36)31-29-27-25-23-21-18-16-14-12-10-8-6-4-2/h11,13,17,19,32-33H,3-10,12,14-16,18,20-31H2,1-2H3. The fourth-order valence-corrected chi connectivity index (χ4v) is 4.81. The largest absolute Gasteiger partial charge is 0.303 e. The number of allylic oxidation sites excluding steroid dienone is 4. The van der Waals surface area contributed by atoms with Crippen molar-refractivity contribution in [2.75, 3.05) is 0 Å². The number of hydrogen-bond donors (Lipinski definition) is 0. The van der Waals surface area contributed by atoms with Crippen LogP contribution in [0.25, 0.3) is 0 Å². The average molecular weight is 503 g/mol. The van der Waals surface area contributed by atoms with Gasteiger partial charge >= 0.3 is 0 Å². The van der Waals surface area contributed by atoms with E-state index in [1.165, 1.54) is 109 Å². The van der Waals surface area contributed by atoms with Gasteiger partial charge in [-0.25, -0.2) is 0 Å². The van der Waals surface area contributed by atoms with Gasteiger partial charge in [0.05, 0.1) is 5.92 Å². The third-order valence-electron chi connectivity index (χ3n) is 7.32. The minimum Gasteiger partial charge on any atom is -0.303 e. The molecule has 0 saturated heterocycles. The molecule has 0 aromatic heterocycles. The summed E-state index contributed by atoms with van der Waals surface area (Å²) in [7, 11) is 0. The summed E-state index contributed by atoms with van der Waals surface area (Å²) in [4.78, 5) is 23.8. The van der Waals surface area contributed by atoms with E-state index in [1.54, 1.807) is 0 Å². The third-order valence-corrected chi connectivity index (χ3v) is 7.32. The number of hydrogen-bond acceptors (Lipinski definition) is 2. The molecular weight excluding hydrogens is 440 g/mol. The zero-order valence-electron chi connectivity index (χ0n) is 24.5. The summed E-state index contributed by atoms with van der Waals surface area (Å²) >= 11 is 0. The first-order valence-corrected chi connectivity index (χ1v) is 16.0. The number of aldehydes is 1. The first-order chi connectivity index (χ1) is 17.8. The van der Waals surface area contributed by atoms with E-state index in [1.807, 2.05) is 0 Å². The second-order valence-electron chi connectivity index (χ2n) is 10.9. The van der Waals surface area contributed by atoms with Crippen LogP contribution in [0.2, 0.25) is 0 Å². The van der Waals surface area contributed by atoms with Gasteiger partial charge in [-0.05, 0) is 44.9 Å². The predicted octanol–water partition coefficient (Wildman–Crippen LogP) is 11.3. The SMILES string of the molecule is CCCCCC=CCC=CCCCCCCC(C=O)C(=O)CCCCCCCCCCCCCCC. The molecule has 0 rings (SSSR count). The predicted molar refractivity (Wildman–Crippen MR) is 160 cm³/mol. The van der Waals surface area contributed by atoms with Crippen LogP contribution in [0.4, 0.5) is 0 Å². The van der Waals surface area contributed by atoms with Crippen molar-refractivity contribution in [2.24, 2.45) is 5.92 Å². The fraction of sp³-hybridized carbons (Fsp3) is 0.824. The van der Waals surface area contributed by atoms with E-state index in [2.05, 4.69) is 38.2 Å². The zero-order chi connectivity index (χ0) is 26.4. The van der Waals surface area contributed by atoms with Crippen molar-refractivity contribution in [3.8, 4) is 0 Å². The molecule has 0 N–H and O–H groups in total. The molecule has 0 radical (unpaired) electrons. The van der Waals surface area contributed by atoms with E-state index in [-0.39, 0.29) is 11.7 Å². The molecule has 0 heterocycles. The van der Waals surface area contributed by atoms with Crippen LogP contribution in [-0.2, 0) is 9.59 Å². The summed E-state index contributed by atoms with van der Waals surface area (Å²) in [6, 6.07) is 0. The highest BCUT2D eigenvalue weighted by Gasteiger charge is 2.16. The van der Waals surface area contributed by atoms with Crippen LogP contribution in [0, 0.1) is 5.92 Å². The minimum absolute atomic E-state index is 0.179. The van der Waals surface area contributed by atoms with E-state index >= 15 is 0 Å². The second kappa shape index (κ2) is 30.0. The maximum absolute atomic E-state index is 12.4. The Morgan fingerprint density at radius 1 is 0.528 bits per heavy atom. The van der Waals surface area contributed by atoms with Crippen LogP contribution in [0.15, 0.2) is 24.3 Å². The Labute approximate surface area is 226 Å². The topological polar surface area (TPSA) is 34.1 Å². The number of ketones is 1. The lowest BCUT2D eigenvalue weighted by Crippen LogP contribution is -2.15. The maximum atomic E-state index is 12.4. The zero-order valence-corrected chi connectivity index (χ0v) is 24.5. The van der Waals surface area contributed by atoms with Crippen molar-refractivity contribution in [1.29, 1.82) is 0 Å². The average Bonchev–Trinajstić information content (AvgIpc) is 2.89. The summed E-state index contributed by atoms with van der Waals surface area (Å²) < 4.78 is 0. The van der Waals surface area contributed by atoms with Crippen molar-refractivity contribution in [3.05, 3.63) is 24.3 Å². The van der Waals surface area contributed by atoms with Crippen LogP contribution in [0.5, 0.6) is 0 Å².